The van der Waals surface area contributed by atoms with Gasteiger partial charge in [-0.2, -0.15) is 0 Å². The highest BCUT2D eigenvalue weighted by Gasteiger charge is 2.53. The normalized spacial score (nSPS) is 36.8. The Labute approximate surface area is 162 Å². The van der Waals surface area contributed by atoms with Crippen LogP contribution in [0, 0.1) is 23.7 Å². The molecule has 0 spiro atoms. The maximum atomic E-state index is 3.57. The lowest BCUT2D eigenvalue weighted by atomic mass is 9.73. The summed E-state index contributed by atoms with van der Waals surface area (Å²) < 4.78 is 2.94. The zero-order valence-electron chi connectivity index (χ0n) is 17.3. The van der Waals surface area contributed by atoms with Crippen molar-refractivity contribution in [3.63, 3.8) is 0 Å². The molecule has 0 amide bonds. The second-order valence-electron chi connectivity index (χ2n) is 9.89. The number of nitrogens with one attached hydrogen (secondary N) is 1. The second kappa shape index (κ2) is 7.93. The summed E-state index contributed by atoms with van der Waals surface area (Å²) in [5.41, 5.74) is 2.81. The Hall–Kier alpha value is -0.383. The minimum absolute atomic E-state index is 0.832. The highest BCUT2D eigenvalue weighted by Crippen LogP contribution is 2.58. The molecule has 4 rings (SSSR count). The van der Waals surface area contributed by atoms with Gasteiger partial charge in [-0.3, -0.25) is 0 Å². The lowest BCUT2D eigenvalue weighted by molar-refractivity contribution is 0.333. The number of allylic oxidation sites excluding steroid dienone is 4. The van der Waals surface area contributed by atoms with Crippen molar-refractivity contribution in [3.8, 4) is 0 Å². The van der Waals surface area contributed by atoms with Gasteiger partial charge < -0.3 is 9.88 Å². The van der Waals surface area contributed by atoms with Crippen molar-refractivity contribution in [1.82, 2.24) is 9.88 Å². The van der Waals surface area contributed by atoms with Crippen molar-refractivity contribution in [3.05, 3.63) is 23.8 Å². The minimum atomic E-state index is -1.43. The number of hydrogen-bond acceptors (Lipinski definition) is 2. The molecule has 26 heavy (non-hydrogen) atoms. The predicted octanol–water partition coefficient (Wildman–Crippen LogP) is 5.21. The second-order valence-corrected chi connectivity index (χ2v) is 14.5. The maximum absolute atomic E-state index is 3.57. The first-order valence-corrected chi connectivity index (χ1v) is 14.5. The van der Waals surface area contributed by atoms with E-state index in [1.807, 2.05) is 5.57 Å². The van der Waals surface area contributed by atoms with Crippen LogP contribution in [0.1, 0.15) is 51.9 Å². The van der Waals surface area contributed by atoms with Crippen LogP contribution >= 0.6 is 0 Å². The number of piperazine rings is 1. The van der Waals surface area contributed by atoms with Crippen molar-refractivity contribution in [2.45, 2.75) is 70.5 Å². The minimum Gasteiger partial charge on any atom is -0.321 e. The van der Waals surface area contributed by atoms with E-state index in [4.69, 9.17) is 0 Å². The van der Waals surface area contributed by atoms with E-state index in [0.717, 1.165) is 29.2 Å². The summed E-state index contributed by atoms with van der Waals surface area (Å²) in [7, 11) is -1.43. The van der Waals surface area contributed by atoms with Crippen molar-refractivity contribution < 1.29 is 0 Å². The molecule has 146 valence electrons. The van der Waals surface area contributed by atoms with Gasteiger partial charge in [0.2, 0.25) is 0 Å². The molecule has 0 bridgehead atoms. The molecular formula is C23H40N2Si. The van der Waals surface area contributed by atoms with Crippen LogP contribution in [-0.4, -0.2) is 39.0 Å². The van der Waals surface area contributed by atoms with Crippen LogP contribution in [0.2, 0.25) is 18.6 Å². The van der Waals surface area contributed by atoms with Crippen LogP contribution in [-0.2, 0) is 0 Å². The molecule has 0 aromatic carbocycles. The molecule has 0 aromatic heterocycles. The average molecular weight is 373 g/mol. The highest BCUT2D eigenvalue weighted by molar-refractivity contribution is 6.76. The Bertz CT molecular complexity index is 540. The van der Waals surface area contributed by atoms with E-state index in [2.05, 4.69) is 48.1 Å². The van der Waals surface area contributed by atoms with Gasteiger partial charge in [0.15, 0.2) is 0 Å². The molecule has 3 heteroatoms. The van der Waals surface area contributed by atoms with E-state index in [9.17, 15) is 0 Å². The Balaban J connectivity index is 1.58. The highest BCUT2D eigenvalue weighted by atomic mass is 28.3. The molecule has 2 nitrogen and oxygen atoms in total. The summed E-state index contributed by atoms with van der Waals surface area (Å²) in [5.74, 6) is 3.55. The van der Waals surface area contributed by atoms with Crippen molar-refractivity contribution in [2.75, 3.05) is 26.2 Å². The monoisotopic (exact) mass is 372 g/mol. The topological polar surface area (TPSA) is 15.3 Å². The third kappa shape index (κ3) is 3.40. The average Bonchev–Trinajstić information content (AvgIpc) is 3.09. The molecule has 1 saturated heterocycles. The molecule has 1 heterocycles. The van der Waals surface area contributed by atoms with Gasteiger partial charge in [-0.15, -0.1) is 0 Å². The van der Waals surface area contributed by atoms with E-state index < -0.39 is 8.24 Å². The van der Waals surface area contributed by atoms with Crippen LogP contribution in [0.15, 0.2) is 23.8 Å². The van der Waals surface area contributed by atoms with Gasteiger partial charge in [-0.25, -0.2) is 0 Å². The molecule has 1 N–H and O–H groups in total. The molecule has 4 unspecified atom stereocenters. The zero-order valence-corrected chi connectivity index (χ0v) is 18.3. The lowest BCUT2D eigenvalue weighted by Crippen LogP contribution is -2.60. The maximum Gasteiger partial charge on any atom is 0.126 e. The number of nitrogens with zero attached hydrogens (tertiary/aromatic N) is 1. The van der Waals surface area contributed by atoms with Gasteiger partial charge in [0, 0.05) is 26.2 Å². The summed E-state index contributed by atoms with van der Waals surface area (Å²) in [6, 6.07) is 0. The summed E-state index contributed by atoms with van der Waals surface area (Å²) in [6.45, 7) is 12.8. The Morgan fingerprint density at radius 2 is 1.85 bits per heavy atom. The largest absolute Gasteiger partial charge is 0.321 e. The molecule has 3 fully saturated rings. The first kappa shape index (κ1) is 19.0. The van der Waals surface area contributed by atoms with Crippen LogP contribution in [0.25, 0.3) is 0 Å². The van der Waals surface area contributed by atoms with Gasteiger partial charge in [0.05, 0.1) is 0 Å². The number of rotatable bonds is 4. The molecule has 1 aliphatic heterocycles. The number of hydrogen-bond donors (Lipinski definition) is 1. The van der Waals surface area contributed by atoms with Gasteiger partial charge >= 0.3 is 0 Å². The summed E-state index contributed by atoms with van der Waals surface area (Å²) in [4.78, 5) is 0. The van der Waals surface area contributed by atoms with Gasteiger partial charge in [-0.05, 0) is 48.5 Å². The third-order valence-electron chi connectivity index (χ3n) is 8.34. The van der Waals surface area contributed by atoms with E-state index in [1.54, 1.807) is 0 Å². The van der Waals surface area contributed by atoms with Crippen LogP contribution < -0.4 is 5.32 Å². The summed E-state index contributed by atoms with van der Waals surface area (Å²) in [5, 5.41) is 3.57. The SMILES string of the molecule is CCC1CC2C(C3CCCCC3)=CC=CC2C1[Si](C)(C)N1CCNCC1. The van der Waals surface area contributed by atoms with E-state index in [0.29, 0.717) is 0 Å². The van der Waals surface area contributed by atoms with Crippen LogP contribution in [0.3, 0.4) is 0 Å². The van der Waals surface area contributed by atoms with E-state index >= 15 is 0 Å². The van der Waals surface area contributed by atoms with Gasteiger partial charge in [0.1, 0.15) is 8.24 Å². The molecule has 2 saturated carbocycles. The van der Waals surface area contributed by atoms with Crippen LogP contribution in [0.5, 0.6) is 0 Å². The molecule has 3 aliphatic carbocycles. The van der Waals surface area contributed by atoms with E-state index in [1.165, 1.54) is 71.1 Å². The third-order valence-corrected chi connectivity index (χ3v) is 12.9. The standard InChI is InChI=1S/C23H40N2Si/c1-4-18-17-22-20(19-9-6-5-7-10-19)11-8-12-21(22)23(18)26(2,3)25-15-13-24-14-16-25/h8,11-12,18-19,21-24H,4-7,9-10,13-17H2,1-3H3. The van der Waals surface area contributed by atoms with Crippen molar-refractivity contribution in [1.29, 1.82) is 0 Å². The first-order valence-electron chi connectivity index (χ1n) is 11.5. The molecular weight excluding hydrogens is 332 g/mol. The van der Waals surface area contributed by atoms with Gasteiger partial charge in [-0.1, -0.05) is 69.5 Å². The van der Waals surface area contributed by atoms with Crippen LogP contribution in [0.4, 0.5) is 0 Å². The zero-order chi connectivity index (χ0) is 18.1. The van der Waals surface area contributed by atoms with Crippen molar-refractivity contribution >= 4 is 8.24 Å². The Morgan fingerprint density at radius 1 is 1.12 bits per heavy atom. The quantitative estimate of drug-likeness (QED) is 0.682. The Kier molecular flexibility index (Phi) is 5.78. The smallest absolute Gasteiger partial charge is 0.126 e. The Morgan fingerprint density at radius 3 is 2.54 bits per heavy atom. The summed E-state index contributed by atoms with van der Waals surface area (Å²) >= 11 is 0. The fourth-order valence-corrected chi connectivity index (χ4v) is 11.6. The molecule has 4 aliphatic rings. The van der Waals surface area contributed by atoms with Gasteiger partial charge in [0.25, 0.3) is 0 Å². The fraction of sp³-hybridized carbons (Fsp3) is 0.826. The molecule has 0 aromatic rings. The predicted molar refractivity (Wildman–Crippen MR) is 115 cm³/mol. The fourth-order valence-electron chi connectivity index (χ4n) is 7.02. The first-order chi connectivity index (χ1) is 12.6. The van der Waals surface area contributed by atoms with E-state index in [-0.39, 0.29) is 0 Å². The lowest BCUT2D eigenvalue weighted by Gasteiger charge is -2.47. The van der Waals surface area contributed by atoms with Crippen molar-refractivity contribution in [2.24, 2.45) is 23.7 Å². The number of fused-ring (bicyclic) bond motifs is 1. The molecule has 4 atom stereocenters. The summed E-state index contributed by atoms with van der Waals surface area (Å²) in [6.07, 6.45) is 17.8. The molecule has 0 radical (unpaired) electrons.